The fraction of sp³-hybridized carbons (Fsp3) is 0.846. The van der Waals surface area contributed by atoms with Crippen LogP contribution in [0.15, 0.2) is 11.1 Å². The molecular formula is C13H22. The van der Waals surface area contributed by atoms with Gasteiger partial charge in [0, 0.05) is 0 Å². The first-order chi connectivity index (χ1) is 6.18. The zero-order valence-electron chi connectivity index (χ0n) is 9.27. The zero-order valence-corrected chi connectivity index (χ0v) is 9.27. The summed E-state index contributed by atoms with van der Waals surface area (Å²) in [5.74, 6) is 2.78. The zero-order chi connectivity index (χ0) is 9.42. The molecule has 0 aliphatic heterocycles. The van der Waals surface area contributed by atoms with E-state index in [4.69, 9.17) is 0 Å². The molecule has 0 aromatic rings. The van der Waals surface area contributed by atoms with Gasteiger partial charge >= 0.3 is 0 Å². The summed E-state index contributed by atoms with van der Waals surface area (Å²) in [6.45, 7) is 7.29. The van der Waals surface area contributed by atoms with Crippen LogP contribution < -0.4 is 0 Å². The Labute approximate surface area is 82.4 Å². The quantitative estimate of drug-likeness (QED) is 0.488. The summed E-state index contributed by atoms with van der Waals surface area (Å²) < 4.78 is 0. The Kier molecular flexibility index (Phi) is 2.49. The highest BCUT2D eigenvalue weighted by atomic mass is 14.3. The molecule has 0 saturated heterocycles. The molecule has 0 heterocycles. The Balaban J connectivity index is 2.04. The Morgan fingerprint density at radius 2 is 1.77 bits per heavy atom. The molecule has 3 unspecified atom stereocenters. The second kappa shape index (κ2) is 3.48. The molecule has 0 amide bonds. The van der Waals surface area contributed by atoms with Gasteiger partial charge in [0.05, 0.1) is 0 Å². The molecule has 0 nitrogen and oxygen atoms in total. The first kappa shape index (κ1) is 9.30. The lowest BCUT2D eigenvalue weighted by atomic mass is 9.87. The van der Waals surface area contributed by atoms with Crippen molar-refractivity contribution in [1.82, 2.24) is 0 Å². The number of rotatable bonds is 0. The van der Waals surface area contributed by atoms with Gasteiger partial charge in [-0.25, -0.2) is 0 Å². The molecule has 0 N–H and O–H groups in total. The van der Waals surface area contributed by atoms with E-state index >= 15 is 0 Å². The lowest BCUT2D eigenvalue weighted by Crippen LogP contribution is -2.07. The fourth-order valence-corrected chi connectivity index (χ4v) is 2.71. The van der Waals surface area contributed by atoms with E-state index in [1.807, 2.05) is 11.1 Å². The van der Waals surface area contributed by atoms with E-state index < -0.39 is 0 Å². The first-order valence-electron chi connectivity index (χ1n) is 5.89. The van der Waals surface area contributed by atoms with Gasteiger partial charge in [0.25, 0.3) is 0 Å². The smallest absolute Gasteiger partial charge is 0.01000 e. The molecule has 0 radical (unpaired) electrons. The Morgan fingerprint density at radius 3 is 2.54 bits per heavy atom. The van der Waals surface area contributed by atoms with Crippen LogP contribution in [0.3, 0.4) is 0 Å². The molecule has 2 aliphatic rings. The van der Waals surface area contributed by atoms with Crippen LogP contribution in [0.4, 0.5) is 0 Å². The first-order valence-corrected chi connectivity index (χ1v) is 5.89. The summed E-state index contributed by atoms with van der Waals surface area (Å²) in [5, 5.41) is 0. The molecule has 2 rings (SSSR count). The predicted octanol–water partition coefficient (Wildman–Crippen LogP) is 4.17. The average molecular weight is 178 g/mol. The van der Waals surface area contributed by atoms with E-state index in [1.165, 1.54) is 32.1 Å². The highest BCUT2D eigenvalue weighted by molar-refractivity contribution is 5.37. The van der Waals surface area contributed by atoms with Gasteiger partial charge in [0.2, 0.25) is 0 Å². The van der Waals surface area contributed by atoms with E-state index in [2.05, 4.69) is 20.8 Å². The minimum Gasteiger partial charge on any atom is -0.0661 e. The number of hydrogen-bond acceptors (Lipinski definition) is 0. The second-order valence-electron chi connectivity index (χ2n) is 5.30. The highest BCUT2D eigenvalue weighted by Crippen LogP contribution is 2.45. The molecule has 0 spiro atoms. The van der Waals surface area contributed by atoms with Gasteiger partial charge in [0.1, 0.15) is 0 Å². The van der Waals surface area contributed by atoms with Crippen molar-refractivity contribution in [3.05, 3.63) is 11.1 Å². The normalized spacial score (nSPS) is 40.4. The van der Waals surface area contributed by atoms with Crippen LogP contribution in [0.25, 0.3) is 0 Å². The minimum atomic E-state index is 0.910. The van der Waals surface area contributed by atoms with Crippen molar-refractivity contribution in [2.75, 3.05) is 0 Å². The van der Waals surface area contributed by atoms with Gasteiger partial charge in [-0.15, -0.1) is 0 Å². The summed E-state index contributed by atoms with van der Waals surface area (Å²) in [4.78, 5) is 0. The van der Waals surface area contributed by atoms with Crippen molar-refractivity contribution < 1.29 is 0 Å². The Bertz CT molecular complexity index is 224. The van der Waals surface area contributed by atoms with E-state index in [0.29, 0.717) is 0 Å². The van der Waals surface area contributed by atoms with Crippen molar-refractivity contribution in [2.45, 2.75) is 52.9 Å². The summed E-state index contributed by atoms with van der Waals surface area (Å²) in [6, 6.07) is 0. The highest BCUT2D eigenvalue weighted by Gasteiger charge is 2.29. The molecule has 0 saturated carbocycles. The minimum absolute atomic E-state index is 0.910. The van der Waals surface area contributed by atoms with Crippen LogP contribution in [-0.4, -0.2) is 0 Å². The predicted molar refractivity (Wildman–Crippen MR) is 57.6 cm³/mol. The van der Waals surface area contributed by atoms with Crippen LogP contribution in [0.5, 0.6) is 0 Å². The number of hydrogen-bond donors (Lipinski definition) is 0. The molecule has 74 valence electrons. The van der Waals surface area contributed by atoms with Crippen molar-refractivity contribution in [2.24, 2.45) is 17.8 Å². The molecule has 0 fully saturated rings. The third-order valence-corrected chi connectivity index (χ3v) is 4.16. The molecule has 2 aliphatic carbocycles. The van der Waals surface area contributed by atoms with Crippen LogP contribution in [-0.2, 0) is 0 Å². The van der Waals surface area contributed by atoms with Gasteiger partial charge in [-0.05, 0) is 37.0 Å². The van der Waals surface area contributed by atoms with Crippen molar-refractivity contribution in [3.63, 3.8) is 0 Å². The van der Waals surface area contributed by atoms with Crippen molar-refractivity contribution >= 4 is 0 Å². The topological polar surface area (TPSA) is 0 Å². The fourth-order valence-electron chi connectivity index (χ4n) is 2.71. The van der Waals surface area contributed by atoms with Gasteiger partial charge in [-0.1, -0.05) is 44.8 Å². The maximum absolute atomic E-state index is 2.43. The van der Waals surface area contributed by atoms with Gasteiger partial charge in [0.15, 0.2) is 0 Å². The Hall–Kier alpha value is -0.260. The van der Waals surface area contributed by atoms with Crippen LogP contribution in [0.2, 0.25) is 0 Å². The van der Waals surface area contributed by atoms with E-state index in [-0.39, 0.29) is 0 Å². The summed E-state index contributed by atoms with van der Waals surface area (Å²) >= 11 is 0. The van der Waals surface area contributed by atoms with E-state index in [1.54, 1.807) is 0 Å². The van der Waals surface area contributed by atoms with Gasteiger partial charge < -0.3 is 0 Å². The third kappa shape index (κ3) is 1.98. The molecule has 13 heavy (non-hydrogen) atoms. The lowest BCUT2D eigenvalue weighted by molar-refractivity contribution is 0.348. The standard InChI is InChI=1S/C13H22/c1-9-5-4-6-10(2)13-8-12(13)7-11(9)3/h9-11H,4-8H2,1-3H3. The summed E-state index contributed by atoms with van der Waals surface area (Å²) in [6.07, 6.45) is 7.13. The van der Waals surface area contributed by atoms with E-state index in [9.17, 15) is 0 Å². The summed E-state index contributed by atoms with van der Waals surface area (Å²) in [5.41, 5.74) is 3.63. The molecule has 0 heteroatoms. The maximum atomic E-state index is 2.43. The van der Waals surface area contributed by atoms with Crippen molar-refractivity contribution in [1.29, 1.82) is 0 Å². The SMILES string of the molecule is CC1CCCC(C)C(C)CC2=C1C2. The molecule has 0 aromatic carbocycles. The Morgan fingerprint density at radius 1 is 1.00 bits per heavy atom. The molecule has 0 aromatic heterocycles. The average Bonchev–Trinajstić information content (AvgIpc) is 2.82. The lowest BCUT2D eigenvalue weighted by Gasteiger charge is -2.18. The molecule has 3 atom stereocenters. The third-order valence-electron chi connectivity index (χ3n) is 4.16. The monoisotopic (exact) mass is 178 g/mol. The van der Waals surface area contributed by atoms with Gasteiger partial charge in [-0.2, -0.15) is 0 Å². The van der Waals surface area contributed by atoms with Crippen molar-refractivity contribution in [3.8, 4) is 0 Å². The molecular weight excluding hydrogens is 156 g/mol. The van der Waals surface area contributed by atoms with Gasteiger partial charge in [-0.3, -0.25) is 0 Å². The maximum Gasteiger partial charge on any atom is -0.01000 e. The van der Waals surface area contributed by atoms with Crippen LogP contribution >= 0.6 is 0 Å². The number of allylic oxidation sites excluding steroid dienone is 2. The summed E-state index contributed by atoms with van der Waals surface area (Å²) in [7, 11) is 0. The van der Waals surface area contributed by atoms with E-state index in [0.717, 1.165) is 17.8 Å². The largest absolute Gasteiger partial charge is 0.0661 e. The van der Waals surface area contributed by atoms with Crippen LogP contribution in [0, 0.1) is 17.8 Å². The molecule has 0 bridgehead atoms. The van der Waals surface area contributed by atoms with Crippen LogP contribution in [0.1, 0.15) is 52.9 Å². The second-order valence-corrected chi connectivity index (χ2v) is 5.30.